The summed E-state index contributed by atoms with van der Waals surface area (Å²) >= 11 is 6.58. The number of nitrogens with two attached hydrogens (primary N) is 1. The van der Waals surface area contributed by atoms with E-state index >= 15 is 0 Å². The van der Waals surface area contributed by atoms with Gasteiger partial charge in [-0.3, -0.25) is 0 Å². The summed E-state index contributed by atoms with van der Waals surface area (Å²) < 4.78 is 5.86. The number of unbranched alkanes of at least 4 members (excludes halogenated alkanes) is 1. The van der Waals surface area contributed by atoms with Crippen molar-refractivity contribution < 1.29 is 9.84 Å². The fourth-order valence-electron chi connectivity index (χ4n) is 3.48. The highest BCUT2D eigenvalue weighted by atomic mass is 35.5. The van der Waals surface area contributed by atoms with E-state index in [1.807, 2.05) is 19.1 Å². The summed E-state index contributed by atoms with van der Waals surface area (Å²) in [6, 6.07) is 8.08. The molecular formula is C20H27ClN4O2. The minimum absolute atomic E-state index is 0.0357. The van der Waals surface area contributed by atoms with Gasteiger partial charge >= 0.3 is 0 Å². The Hall–Kier alpha value is -1.89. The van der Waals surface area contributed by atoms with Gasteiger partial charge in [0.2, 0.25) is 5.95 Å². The average Bonchev–Trinajstić information content (AvgIpc) is 2.88. The summed E-state index contributed by atoms with van der Waals surface area (Å²) in [5.74, 6) is 1.08. The number of anilines is 2. The lowest BCUT2D eigenvalue weighted by atomic mass is 10.00. The summed E-state index contributed by atoms with van der Waals surface area (Å²) in [6.45, 7) is 4.20. The minimum Gasteiger partial charge on any atom is -0.396 e. The Kier molecular flexibility index (Phi) is 6.88. The standard InChI is InChI=1S/C20H27ClN4O2/c1-14-11-19(24-20(22)23-14)25-8-4-10-27-13-18(25)16-12-15(5-2-3-9-26)6-7-17(16)21/h6-7,11-12,18,26H,2-5,8-10,13H2,1H3,(H2,22,23,24). The number of hydrogen-bond acceptors (Lipinski definition) is 6. The lowest BCUT2D eigenvalue weighted by Gasteiger charge is -2.31. The van der Waals surface area contributed by atoms with E-state index in [0.29, 0.717) is 13.2 Å². The zero-order chi connectivity index (χ0) is 19.2. The van der Waals surface area contributed by atoms with Gasteiger partial charge in [0, 0.05) is 36.5 Å². The lowest BCUT2D eigenvalue weighted by molar-refractivity contribution is 0.134. The molecule has 1 aliphatic rings. The van der Waals surface area contributed by atoms with Gasteiger partial charge in [-0.05, 0) is 49.8 Å². The molecule has 1 fully saturated rings. The number of aryl methyl sites for hydroxylation is 2. The third-order valence-electron chi connectivity index (χ3n) is 4.78. The molecule has 2 aromatic rings. The van der Waals surface area contributed by atoms with Crippen LogP contribution >= 0.6 is 11.6 Å². The maximum atomic E-state index is 9.02. The number of benzene rings is 1. The molecule has 1 aromatic heterocycles. The normalized spacial score (nSPS) is 17.7. The number of ether oxygens (including phenoxy) is 1. The molecule has 2 heterocycles. The second-order valence-corrected chi connectivity index (χ2v) is 7.31. The molecule has 1 atom stereocenters. The number of nitrogen functional groups attached to an aromatic ring is 1. The third kappa shape index (κ3) is 5.09. The van der Waals surface area contributed by atoms with Crippen LogP contribution in [0.2, 0.25) is 5.02 Å². The Morgan fingerprint density at radius 2 is 2.15 bits per heavy atom. The van der Waals surface area contributed by atoms with Crippen molar-refractivity contribution in [1.29, 1.82) is 0 Å². The minimum atomic E-state index is -0.0357. The van der Waals surface area contributed by atoms with Crippen LogP contribution < -0.4 is 10.6 Å². The predicted molar refractivity (Wildman–Crippen MR) is 108 cm³/mol. The van der Waals surface area contributed by atoms with Crippen molar-refractivity contribution in [3.8, 4) is 0 Å². The number of rotatable bonds is 6. The Labute approximate surface area is 165 Å². The van der Waals surface area contributed by atoms with Gasteiger partial charge in [-0.15, -0.1) is 0 Å². The maximum absolute atomic E-state index is 9.02. The first kappa shape index (κ1) is 19.9. The Morgan fingerprint density at radius 3 is 2.93 bits per heavy atom. The zero-order valence-electron chi connectivity index (χ0n) is 15.7. The average molecular weight is 391 g/mol. The Morgan fingerprint density at radius 1 is 1.30 bits per heavy atom. The molecule has 0 spiro atoms. The molecule has 27 heavy (non-hydrogen) atoms. The van der Waals surface area contributed by atoms with Gasteiger partial charge in [0.15, 0.2) is 0 Å². The second kappa shape index (κ2) is 9.35. The van der Waals surface area contributed by atoms with E-state index in [9.17, 15) is 0 Å². The van der Waals surface area contributed by atoms with Gasteiger partial charge in [0.05, 0.1) is 12.6 Å². The molecule has 1 aromatic carbocycles. The van der Waals surface area contributed by atoms with E-state index in [2.05, 4.69) is 27.0 Å². The van der Waals surface area contributed by atoms with Crippen LogP contribution in [0.25, 0.3) is 0 Å². The number of aliphatic hydroxyl groups is 1. The molecule has 3 rings (SSSR count). The van der Waals surface area contributed by atoms with Gasteiger partial charge in [-0.25, -0.2) is 4.98 Å². The van der Waals surface area contributed by atoms with Crippen LogP contribution in [0.3, 0.4) is 0 Å². The smallest absolute Gasteiger partial charge is 0.222 e. The van der Waals surface area contributed by atoms with Gasteiger partial charge in [0.25, 0.3) is 0 Å². The number of aromatic nitrogens is 2. The van der Waals surface area contributed by atoms with E-state index in [1.165, 1.54) is 5.56 Å². The van der Waals surface area contributed by atoms with Gasteiger partial charge in [0.1, 0.15) is 5.82 Å². The lowest BCUT2D eigenvalue weighted by Crippen LogP contribution is -2.32. The summed E-state index contributed by atoms with van der Waals surface area (Å²) in [5.41, 5.74) is 8.97. The van der Waals surface area contributed by atoms with Crippen molar-refractivity contribution in [1.82, 2.24) is 9.97 Å². The van der Waals surface area contributed by atoms with Crippen molar-refractivity contribution in [3.05, 3.63) is 46.1 Å². The highest BCUT2D eigenvalue weighted by molar-refractivity contribution is 6.31. The van der Waals surface area contributed by atoms with Crippen LogP contribution in [-0.4, -0.2) is 41.4 Å². The second-order valence-electron chi connectivity index (χ2n) is 6.90. The van der Waals surface area contributed by atoms with Gasteiger partial charge in [-0.2, -0.15) is 4.98 Å². The third-order valence-corrected chi connectivity index (χ3v) is 5.13. The first-order valence-corrected chi connectivity index (χ1v) is 9.81. The van der Waals surface area contributed by atoms with E-state index in [-0.39, 0.29) is 18.6 Å². The van der Waals surface area contributed by atoms with Crippen molar-refractivity contribution in [2.75, 3.05) is 37.0 Å². The molecule has 6 nitrogen and oxygen atoms in total. The molecule has 146 valence electrons. The zero-order valence-corrected chi connectivity index (χ0v) is 16.5. The van der Waals surface area contributed by atoms with E-state index in [4.69, 9.17) is 27.2 Å². The summed E-state index contributed by atoms with van der Waals surface area (Å²) in [7, 11) is 0. The van der Waals surface area contributed by atoms with E-state index in [1.54, 1.807) is 0 Å². The van der Waals surface area contributed by atoms with E-state index < -0.39 is 0 Å². The fourth-order valence-corrected chi connectivity index (χ4v) is 3.72. The summed E-state index contributed by atoms with van der Waals surface area (Å²) in [5, 5.41) is 9.74. The molecule has 3 N–H and O–H groups in total. The molecule has 1 unspecified atom stereocenters. The molecular weight excluding hydrogens is 364 g/mol. The van der Waals surface area contributed by atoms with Crippen molar-refractivity contribution in [3.63, 3.8) is 0 Å². The molecule has 0 saturated carbocycles. The molecule has 0 amide bonds. The monoisotopic (exact) mass is 390 g/mol. The fraction of sp³-hybridized carbons (Fsp3) is 0.500. The molecule has 1 saturated heterocycles. The quantitative estimate of drug-likeness (QED) is 0.736. The van der Waals surface area contributed by atoms with Crippen LogP contribution in [-0.2, 0) is 11.2 Å². The predicted octanol–water partition coefficient (Wildman–Crippen LogP) is 3.30. The van der Waals surface area contributed by atoms with Gasteiger partial charge in [-0.1, -0.05) is 23.7 Å². The van der Waals surface area contributed by atoms with Crippen LogP contribution in [0.4, 0.5) is 11.8 Å². The van der Waals surface area contributed by atoms with Crippen LogP contribution in [0.1, 0.15) is 42.1 Å². The first-order chi connectivity index (χ1) is 13.1. The van der Waals surface area contributed by atoms with Crippen molar-refractivity contribution in [2.24, 2.45) is 0 Å². The largest absolute Gasteiger partial charge is 0.396 e. The van der Waals surface area contributed by atoms with Crippen LogP contribution in [0.5, 0.6) is 0 Å². The molecule has 1 aliphatic heterocycles. The highest BCUT2D eigenvalue weighted by Crippen LogP contribution is 2.34. The van der Waals surface area contributed by atoms with Crippen LogP contribution in [0.15, 0.2) is 24.3 Å². The molecule has 0 radical (unpaired) electrons. The van der Waals surface area contributed by atoms with E-state index in [0.717, 1.165) is 54.3 Å². The highest BCUT2D eigenvalue weighted by Gasteiger charge is 2.27. The molecule has 0 bridgehead atoms. The number of nitrogens with zero attached hydrogens (tertiary/aromatic N) is 3. The topological polar surface area (TPSA) is 84.5 Å². The maximum Gasteiger partial charge on any atom is 0.222 e. The Balaban J connectivity index is 1.94. The van der Waals surface area contributed by atoms with Gasteiger partial charge < -0.3 is 20.5 Å². The number of aliphatic hydroxyl groups excluding tert-OH is 1. The van der Waals surface area contributed by atoms with Crippen molar-refractivity contribution >= 4 is 23.4 Å². The first-order valence-electron chi connectivity index (χ1n) is 9.43. The summed E-state index contributed by atoms with van der Waals surface area (Å²) in [4.78, 5) is 10.9. The Bertz CT molecular complexity index is 751. The molecule has 0 aliphatic carbocycles. The van der Waals surface area contributed by atoms with Crippen molar-refractivity contribution in [2.45, 2.75) is 38.6 Å². The summed E-state index contributed by atoms with van der Waals surface area (Å²) in [6.07, 6.45) is 3.57. The van der Waals surface area contributed by atoms with Crippen LogP contribution in [0, 0.1) is 6.92 Å². The number of hydrogen-bond donors (Lipinski definition) is 2. The SMILES string of the molecule is Cc1cc(N2CCCOCC2c2cc(CCCCO)ccc2Cl)nc(N)n1. The molecule has 7 heteroatoms. The number of halogens is 1.